The van der Waals surface area contributed by atoms with Gasteiger partial charge in [-0.25, -0.2) is 9.38 Å². The van der Waals surface area contributed by atoms with Crippen molar-refractivity contribution in [3.8, 4) is 0 Å². The quantitative estimate of drug-likeness (QED) is 0.326. The average molecular weight is 540 g/mol. The predicted octanol–water partition coefficient (Wildman–Crippen LogP) is 4.31. The predicted molar refractivity (Wildman–Crippen MR) is 137 cm³/mol. The largest absolute Gasteiger partial charge is 0.393 e. The molecule has 2 N–H and O–H groups in total. The Kier molecular flexibility index (Phi) is 10.0. The molecule has 0 atom stereocenters. The molecule has 0 amide bonds. The number of hydrogen-bond donors (Lipinski definition) is 2. The van der Waals surface area contributed by atoms with Gasteiger partial charge in [0.1, 0.15) is 5.82 Å². The number of nitrogens with zero attached hydrogens (tertiary/aromatic N) is 3. The Morgan fingerprint density at radius 1 is 1.16 bits per heavy atom. The van der Waals surface area contributed by atoms with E-state index in [2.05, 4.69) is 41.4 Å². The normalized spacial score (nSPS) is 14.9. The van der Waals surface area contributed by atoms with Crippen LogP contribution in [0.15, 0.2) is 47.5 Å². The highest BCUT2D eigenvalue weighted by Crippen LogP contribution is 2.24. The summed E-state index contributed by atoms with van der Waals surface area (Å²) >= 11 is 0. The Bertz CT molecular complexity index is 851. The van der Waals surface area contributed by atoms with E-state index in [1.54, 1.807) is 6.07 Å². The molecule has 2 aromatic carbocycles. The summed E-state index contributed by atoms with van der Waals surface area (Å²) in [4.78, 5) is 8.80. The minimum atomic E-state index is -0.265. The molecule has 1 fully saturated rings. The summed E-state index contributed by atoms with van der Waals surface area (Å²) in [5.41, 5.74) is 3.91. The summed E-state index contributed by atoms with van der Waals surface area (Å²) in [6.07, 6.45) is 1.11. The van der Waals surface area contributed by atoms with Gasteiger partial charge in [0.25, 0.3) is 0 Å². The van der Waals surface area contributed by atoms with Crippen molar-refractivity contribution in [2.75, 3.05) is 31.6 Å². The van der Waals surface area contributed by atoms with Gasteiger partial charge in [-0.05, 0) is 49.9 Å². The zero-order valence-corrected chi connectivity index (χ0v) is 21.0. The van der Waals surface area contributed by atoms with E-state index in [4.69, 9.17) is 4.99 Å². The molecule has 0 saturated carbocycles. The van der Waals surface area contributed by atoms with E-state index in [-0.39, 0.29) is 35.9 Å². The number of nitrogens with one attached hydrogen (secondary N) is 1. The van der Waals surface area contributed by atoms with E-state index in [1.165, 1.54) is 11.1 Å². The topological polar surface area (TPSA) is 51.1 Å². The third kappa shape index (κ3) is 7.35. The van der Waals surface area contributed by atoms with E-state index in [0.717, 1.165) is 24.6 Å². The molecule has 0 unspecified atom stereocenters. The molecule has 31 heavy (non-hydrogen) atoms. The molecule has 2 aromatic rings. The Morgan fingerprint density at radius 3 is 2.42 bits per heavy atom. The number of guanidine groups is 1. The van der Waals surface area contributed by atoms with Crippen LogP contribution in [0.2, 0.25) is 0 Å². The Balaban J connectivity index is 0.00000341. The monoisotopic (exact) mass is 540 g/mol. The fraction of sp³-hybridized carbons (Fsp3) is 0.458. The number of halogens is 2. The Labute approximate surface area is 202 Å². The summed E-state index contributed by atoms with van der Waals surface area (Å²) in [6.45, 7) is 7.42. The number of rotatable bonds is 6. The molecule has 0 aliphatic carbocycles. The van der Waals surface area contributed by atoms with Crippen molar-refractivity contribution in [1.82, 2.24) is 10.2 Å². The molecule has 3 rings (SSSR count). The minimum Gasteiger partial charge on any atom is -0.393 e. The van der Waals surface area contributed by atoms with Crippen molar-refractivity contribution < 1.29 is 9.50 Å². The van der Waals surface area contributed by atoms with E-state index in [1.807, 2.05) is 31.0 Å². The summed E-state index contributed by atoms with van der Waals surface area (Å²) in [7, 11) is 2.01. The highest BCUT2D eigenvalue weighted by molar-refractivity contribution is 14.0. The number of benzene rings is 2. The molecule has 1 aliphatic heterocycles. The zero-order valence-electron chi connectivity index (χ0n) is 18.6. The number of aryl methyl sites for hydroxylation is 1. The number of aliphatic hydroxyl groups is 1. The van der Waals surface area contributed by atoms with E-state index < -0.39 is 0 Å². The maximum absolute atomic E-state index is 14.7. The Hall–Kier alpha value is -1.87. The van der Waals surface area contributed by atoms with Crippen LogP contribution >= 0.6 is 24.0 Å². The number of anilines is 1. The Morgan fingerprint density at radius 2 is 1.81 bits per heavy atom. The number of hydrogen-bond acceptors (Lipinski definition) is 3. The maximum Gasteiger partial charge on any atom is 0.194 e. The fourth-order valence-corrected chi connectivity index (χ4v) is 3.69. The van der Waals surface area contributed by atoms with Gasteiger partial charge >= 0.3 is 0 Å². The molecule has 0 aromatic heterocycles. The van der Waals surface area contributed by atoms with Crippen molar-refractivity contribution in [1.29, 1.82) is 0 Å². The third-order valence-corrected chi connectivity index (χ3v) is 5.47. The van der Waals surface area contributed by atoms with Crippen molar-refractivity contribution in [3.63, 3.8) is 0 Å². The van der Waals surface area contributed by atoms with Crippen molar-refractivity contribution in [2.45, 2.75) is 45.9 Å². The summed E-state index contributed by atoms with van der Waals surface area (Å²) in [5, 5.41) is 13.0. The summed E-state index contributed by atoms with van der Waals surface area (Å²) in [6, 6.07) is 13.8. The molecular weight excluding hydrogens is 506 g/mol. The number of aliphatic hydroxyl groups excluding tert-OH is 1. The SMILES string of the molecule is CCNC(=NCc1ccc(N2CCC(O)CC2)c(F)c1)N(C)Cc1ccc(C)cc1.I. The molecular formula is C24H34FIN4O. The van der Waals surface area contributed by atoms with Crippen LogP contribution in [-0.2, 0) is 13.1 Å². The zero-order chi connectivity index (χ0) is 21.5. The molecule has 0 spiro atoms. The summed E-state index contributed by atoms with van der Waals surface area (Å²) in [5.74, 6) is 0.574. The second kappa shape index (κ2) is 12.2. The van der Waals surface area contributed by atoms with E-state index >= 15 is 0 Å². The van der Waals surface area contributed by atoms with Gasteiger partial charge in [-0.3, -0.25) is 0 Å². The maximum atomic E-state index is 14.7. The number of piperidine rings is 1. The fourth-order valence-electron chi connectivity index (χ4n) is 3.69. The lowest BCUT2D eigenvalue weighted by Gasteiger charge is -2.31. The first-order valence-electron chi connectivity index (χ1n) is 10.7. The second-order valence-electron chi connectivity index (χ2n) is 8.02. The van der Waals surface area contributed by atoms with Crippen LogP contribution in [0.3, 0.4) is 0 Å². The van der Waals surface area contributed by atoms with Gasteiger partial charge in [-0.15, -0.1) is 24.0 Å². The van der Waals surface area contributed by atoms with Gasteiger partial charge in [0, 0.05) is 33.2 Å². The van der Waals surface area contributed by atoms with Crippen molar-refractivity contribution in [3.05, 3.63) is 65.0 Å². The molecule has 1 aliphatic rings. The van der Waals surface area contributed by atoms with Gasteiger partial charge in [0.2, 0.25) is 0 Å². The molecule has 1 saturated heterocycles. The second-order valence-corrected chi connectivity index (χ2v) is 8.02. The van der Waals surface area contributed by atoms with E-state index in [9.17, 15) is 9.50 Å². The van der Waals surface area contributed by atoms with Crippen LogP contribution in [0.5, 0.6) is 0 Å². The molecule has 0 radical (unpaired) electrons. The average Bonchev–Trinajstić information content (AvgIpc) is 2.73. The van der Waals surface area contributed by atoms with Gasteiger partial charge in [-0.1, -0.05) is 35.9 Å². The van der Waals surface area contributed by atoms with Gasteiger partial charge in [0.05, 0.1) is 18.3 Å². The van der Waals surface area contributed by atoms with Crippen molar-refractivity contribution >= 4 is 35.6 Å². The van der Waals surface area contributed by atoms with Crippen LogP contribution in [-0.4, -0.2) is 48.8 Å². The van der Waals surface area contributed by atoms with Crippen LogP contribution in [0.4, 0.5) is 10.1 Å². The van der Waals surface area contributed by atoms with Crippen LogP contribution in [0, 0.1) is 12.7 Å². The highest BCUT2D eigenvalue weighted by atomic mass is 127. The first-order valence-corrected chi connectivity index (χ1v) is 10.7. The van der Waals surface area contributed by atoms with Crippen LogP contribution in [0.25, 0.3) is 0 Å². The third-order valence-electron chi connectivity index (χ3n) is 5.47. The van der Waals surface area contributed by atoms with E-state index in [0.29, 0.717) is 38.2 Å². The molecule has 7 heteroatoms. The minimum absolute atomic E-state index is 0. The lowest BCUT2D eigenvalue weighted by Crippen LogP contribution is -2.38. The van der Waals surface area contributed by atoms with Crippen LogP contribution < -0.4 is 10.2 Å². The molecule has 5 nitrogen and oxygen atoms in total. The summed E-state index contributed by atoms with van der Waals surface area (Å²) < 4.78 is 14.7. The molecule has 170 valence electrons. The van der Waals surface area contributed by atoms with Gasteiger partial charge in [0.15, 0.2) is 5.96 Å². The van der Waals surface area contributed by atoms with Crippen molar-refractivity contribution in [2.24, 2.45) is 4.99 Å². The van der Waals surface area contributed by atoms with Gasteiger partial charge < -0.3 is 20.2 Å². The standard InChI is InChI=1S/C24H33FN4O.HI/c1-4-26-24(28(3)17-19-7-5-18(2)6-8-19)27-16-20-9-10-23(22(25)15-20)29-13-11-21(30)12-14-29;/h5-10,15,21,30H,4,11-14,16-17H2,1-3H3,(H,26,27);1H. The van der Waals surface area contributed by atoms with Crippen LogP contribution in [0.1, 0.15) is 36.5 Å². The molecule has 1 heterocycles. The smallest absolute Gasteiger partial charge is 0.194 e. The van der Waals surface area contributed by atoms with Gasteiger partial charge in [-0.2, -0.15) is 0 Å². The molecule has 0 bridgehead atoms. The first kappa shape index (κ1) is 25.4. The highest BCUT2D eigenvalue weighted by Gasteiger charge is 2.19. The first-order chi connectivity index (χ1) is 14.5. The lowest BCUT2D eigenvalue weighted by atomic mass is 10.1. The number of aliphatic imine (C=N–C) groups is 1. The lowest BCUT2D eigenvalue weighted by molar-refractivity contribution is 0.145.